The average Bonchev–Trinajstić information content (AvgIpc) is 2.99. The molecule has 0 aliphatic heterocycles. The molecule has 2 aromatic carbocycles. The summed E-state index contributed by atoms with van der Waals surface area (Å²) in [7, 11) is 2.96. The number of amides is 1. The lowest BCUT2D eigenvalue weighted by atomic mass is 10.0. The summed E-state index contributed by atoms with van der Waals surface area (Å²) in [6, 6.07) is 14.6. The summed E-state index contributed by atoms with van der Waals surface area (Å²) < 4.78 is 57.9. The van der Waals surface area contributed by atoms with Crippen molar-refractivity contribution in [3.63, 3.8) is 0 Å². The van der Waals surface area contributed by atoms with Crippen molar-refractivity contribution in [3.8, 4) is 34.3 Å². The lowest BCUT2D eigenvalue weighted by Crippen LogP contribution is -2.28. The van der Waals surface area contributed by atoms with E-state index in [0.29, 0.717) is 39.5 Å². The van der Waals surface area contributed by atoms with E-state index < -0.39 is 30.1 Å². The van der Waals surface area contributed by atoms with Crippen molar-refractivity contribution in [2.24, 2.45) is 0 Å². The van der Waals surface area contributed by atoms with Crippen molar-refractivity contribution in [2.45, 2.75) is 19.9 Å². The van der Waals surface area contributed by atoms with E-state index in [2.05, 4.69) is 15.3 Å². The number of anilines is 1. The lowest BCUT2D eigenvalue weighted by molar-refractivity contribution is 0.102. The van der Waals surface area contributed by atoms with Gasteiger partial charge in [0.1, 0.15) is 22.6 Å². The van der Waals surface area contributed by atoms with E-state index in [0.717, 1.165) is 16.7 Å². The maximum Gasteiger partial charge on any atom is 0.261 e. The van der Waals surface area contributed by atoms with E-state index >= 15 is 0 Å². The number of ether oxygens (including phenoxy) is 3. The summed E-state index contributed by atoms with van der Waals surface area (Å²) in [6.07, 6.45) is 0.0772. The van der Waals surface area contributed by atoms with E-state index in [4.69, 9.17) is 14.2 Å². The van der Waals surface area contributed by atoms with Crippen LogP contribution in [0.25, 0.3) is 22.2 Å². The molecule has 9 nitrogen and oxygen atoms in total. The number of halogens is 3. The van der Waals surface area contributed by atoms with Crippen LogP contribution in [-0.2, 0) is 6.54 Å². The molecule has 5 aromatic rings. The first-order chi connectivity index (χ1) is 20.7. The SMILES string of the molecule is COc1cc2nccc(Oc3ccc(NC(=O)c4c(C)n(CC(F)F)cc(-c5ccc(F)cc5)c4=O)cc3)c2nc1OC. The highest BCUT2D eigenvalue weighted by Gasteiger charge is 2.22. The van der Waals surface area contributed by atoms with Gasteiger partial charge in [-0.15, -0.1) is 0 Å². The number of carbonyl (C=O) groups excluding carboxylic acids is 1. The molecule has 0 fully saturated rings. The van der Waals surface area contributed by atoms with Gasteiger partial charge >= 0.3 is 0 Å². The highest BCUT2D eigenvalue weighted by molar-refractivity contribution is 6.05. The van der Waals surface area contributed by atoms with Gasteiger partial charge in [-0.05, 0) is 48.9 Å². The molecule has 3 aromatic heterocycles. The fourth-order valence-electron chi connectivity index (χ4n) is 4.51. The predicted octanol–water partition coefficient (Wildman–Crippen LogP) is 6.23. The van der Waals surface area contributed by atoms with Gasteiger partial charge < -0.3 is 24.1 Å². The molecule has 0 bridgehead atoms. The van der Waals surface area contributed by atoms with Crippen LogP contribution in [0.5, 0.6) is 23.1 Å². The van der Waals surface area contributed by atoms with Gasteiger partial charge in [-0.2, -0.15) is 0 Å². The fourth-order valence-corrected chi connectivity index (χ4v) is 4.51. The molecule has 3 heterocycles. The highest BCUT2D eigenvalue weighted by Crippen LogP contribution is 2.34. The van der Waals surface area contributed by atoms with Crippen LogP contribution in [0.3, 0.4) is 0 Å². The maximum absolute atomic E-state index is 13.5. The van der Waals surface area contributed by atoms with Crippen molar-refractivity contribution < 1.29 is 32.2 Å². The van der Waals surface area contributed by atoms with Crippen LogP contribution in [0.1, 0.15) is 16.1 Å². The Morgan fingerprint density at radius 3 is 2.37 bits per heavy atom. The standard InChI is InChI=1S/C31H25F3N4O5/c1-17-27(29(39)22(15-38(17)16-26(33)34)18-4-6-19(32)7-5-18)30(40)36-20-8-10-21(11-9-20)43-24-12-13-35-23-14-25(41-2)31(42-3)37-28(23)24/h4-15,26H,16H2,1-3H3,(H,36,40). The molecule has 0 atom stereocenters. The number of rotatable bonds is 9. The summed E-state index contributed by atoms with van der Waals surface area (Å²) in [6.45, 7) is 0.686. The van der Waals surface area contributed by atoms with Crippen LogP contribution in [-0.4, -0.2) is 41.1 Å². The molecule has 0 spiro atoms. The first-order valence-corrected chi connectivity index (χ1v) is 12.9. The molecule has 0 radical (unpaired) electrons. The molecule has 0 saturated heterocycles. The van der Waals surface area contributed by atoms with Crippen LogP contribution < -0.4 is 25.0 Å². The minimum Gasteiger partial charge on any atom is -0.491 e. The van der Waals surface area contributed by atoms with Crippen LogP contribution in [0.2, 0.25) is 0 Å². The monoisotopic (exact) mass is 590 g/mol. The number of nitrogens with one attached hydrogen (secondary N) is 1. The number of fused-ring (bicyclic) bond motifs is 1. The topological polar surface area (TPSA) is 105 Å². The van der Waals surface area contributed by atoms with Gasteiger partial charge in [-0.1, -0.05) is 12.1 Å². The van der Waals surface area contributed by atoms with Crippen molar-refractivity contribution >= 4 is 22.6 Å². The van der Waals surface area contributed by atoms with Gasteiger partial charge in [-0.25, -0.2) is 18.2 Å². The van der Waals surface area contributed by atoms with Crippen LogP contribution in [0.4, 0.5) is 18.9 Å². The summed E-state index contributed by atoms with van der Waals surface area (Å²) in [5.74, 6) is 0.180. The zero-order valence-corrected chi connectivity index (χ0v) is 23.2. The van der Waals surface area contributed by atoms with Gasteiger partial charge in [0.25, 0.3) is 18.2 Å². The Hall–Kier alpha value is -5.39. The normalized spacial score (nSPS) is 11.0. The summed E-state index contributed by atoms with van der Waals surface area (Å²) in [4.78, 5) is 35.5. The Morgan fingerprint density at radius 1 is 1.00 bits per heavy atom. The third kappa shape index (κ3) is 6.13. The molecule has 220 valence electrons. The predicted molar refractivity (Wildman–Crippen MR) is 154 cm³/mol. The van der Waals surface area contributed by atoms with Gasteiger partial charge in [-0.3, -0.25) is 14.6 Å². The summed E-state index contributed by atoms with van der Waals surface area (Å²) >= 11 is 0. The fraction of sp³-hybridized carbons (Fsp3) is 0.161. The van der Waals surface area contributed by atoms with Gasteiger partial charge in [0.15, 0.2) is 11.5 Å². The van der Waals surface area contributed by atoms with E-state index in [-0.39, 0.29) is 22.7 Å². The molecular weight excluding hydrogens is 565 g/mol. The molecule has 0 saturated carbocycles. The van der Waals surface area contributed by atoms with Crippen molar-refractivity contribution in [1.29, 1.82) is 0 Å². The van der Waals surface area contributed by atoms with E-state index in [1.807, 2.05) is 0 Å². The lowest BCUT2D eigenvalue weighted by Gasteiger charge is -2.17. The number of nitrogens with zero attached hydrogens (tertiary/aromatic N) is 3. The Balaban J connectivity index is 1.42. The van der Waals surface area contributed by atoms with Crippen molar-refractivity contribution in [1.82, 2.24) is 14.5 Å². The third-order valence-electron chi connectivity index (χ3n) is 6.63. The number of alkyl halides is 2. The van der Waals surface area contributed by atoms with Crippen molar-refractivity contribution in [3.05, 3.63) is 100 Å². The minimum absolute atomic E-state index is 0.00687. The van der Waals surface area contributed by atoms with E-state index in [1.54, 1.807) is 42.6 Å². The first kappa shape index (κ1) is 29.1. The van der Waals surface area contributed by atoms with Gasteiger partial charge in [0, 0.05) is 41.5 Å². The highest BCUT2D eigenvalue weighted by atomic mass is 19.3. The smallest absolute Gasteiger partial charge is 0.261 e. The largest absolute Gasteiger partial charge is 0.491 e. The number of methoxy groups -OCH3 is 2. The summed E-state index contributed by atoms with van der Waals surface area (Å²) in [5.41, 5.74) is 0.666. The number of benzene rings is 2. The second-order valence-corrected chi connectivity index (χ2v) is 9.34. The molecule has 12 heteroatoms. The summed E-state index contributed by atoms with van der Waals surface area (Å²) in [5, 5.41) is 2.65. The zero-order valence-electron chi connectivity index (χ0n) is 23.2. The second-order valence-electron chi connectivity index (χ2n) is 9.34. The van der Waals surface area contributed by atoms with E-state index in [1.165, 1.54) is 39.5 Å². The molecule has 0 unspecified atom stereocenters. The molecule has 1 amide bonds. The number of hydrogen-bond acceptors (Lipinski definition) is 7. The molecule has 5 rings (SSSR count). The Kier molecular flexibility index (Phi) is 8.28. The average molecular weight is 591 g/mol. The Bertz CT molecular complexity index is 1860. The quantitative estimate of drug-likeness (QED) is 0.217. The van der Waals surface area contributed by atoms with Crippen LogP contribution in [0.15, 0.2) is 77.9 Å². The molecule has 1 N–H and O–H groups in total. The Labute approximate surface area is 243 Å². The number of carbonyl (C=O) groups is 1. The zero-order chi connectivity index (χ0) is 30.7. The molecule has 0 aliphatic rings. The first-order valence-electron chi connectivity index (χ1n) is 12.9. The number of hydrogen-bond donors (Lipinski definition) is 1. The molecule has 0 aliphatic carbocycles. The second kappa shape index (κ2) is 12.2. The number of aromatic nitrogens is 3. The van der Waals surface area contributed by atoms with Crippen LogP contribution >= 0.6 is 0 Å². The van der Waals surface area contributed by atoms with Crippen molar-refractivity contribution in [2.75, 3.05) is 19.5 Å². The maximum atomic E-state index is 13.5. The minimum atomic E-state index is -2.73. The van der Waals surface area contributed by atoms with Gasteiger partial charge in [0.05, 0.1) is 26.3 Å². The van der Waals surface area contributed by atoms with Crippen LogP contribution in [0, 0.1) is 12.7 Å². The van der Waals surface area contributed by atoms with Gasteiger partial charge in [0.2, 0.25) is 5.43 Å². The number of pyridine rings is 3. The Morgan fingerprint density at radius 2 is 1.72 bits per heavy atom. The molecule has 43 heavy (non-hydrogen) atoms. The third-order valence-corrected chi connectivity index (χ3v) is 6.63. The van der Waals surface area contributed by atoms with E-state index in [9.17, 15) is 22.8 Å². The molecular formula is C31H25F3N4O5.